The summed E-state index contributed by atoms with van der Waals surface area (Å²) in [6, 6.07) is 0. The molecular formula is C13H22O3. The molecule has 0 N–H and O–H groups in total. The fourth-order valence-electron chi connectivity index (χ4n) is 2.30. The molecule has 3 unspecified atom stereocenters. The van der Waals surface area contributed by atoms with E-state index in [1.54, 1.807) is 6.92 Å². The van der Waals surface area contributed by atoms with Crippen LogP contribution in [-0.4, -0.2) is 18.9 Å². The summed E-state index contributed by atoms with van der Waals surface area (Å²) in [6.45, 7) is 10.3. The normalized spacial score (nSPS) is 29.6. The van der Waals surface area contributed by atoms with Crippen molar-refractivity contribution in [1.82, 2.24) is 0 Å². The van der Waals surface area contributed by atoms with Crippen LogP contribution in [0.4, 0.5) is 4.79 Å². The third-order valence-electron chi connectivity index (χ3n) is 3.20. The molecule has 0 amide bonds. The van der Waals surface area contributed by atoms with Crippen LogP contribution < -0.4 is 0 Å². The van der Waals surface area contributed by atoms with Crippen molar-refractivity contribution in [2.75, 3.05) is 6.61 Å². The highest BCUT2D eigenvalue weighted by atomic mass is 16.7. The molecule has 0 aliphatic heterocycles. The molecule has 3 heteroatoms. The van der Waals surface area contributed by atoms with Crippen LogP contribution in [0.25, 0.3) is 0 Å². The van der Waals surface area contributed by atoms with E-state index >= 15 is 0 Å². The molecule has 16 heavy (non-hydrogen) atoms. The van der Waals surface area contributed by atoms with E-state index < -0.39 is 6.16 Å². The van der Waals surface area contributed by atoms with Gasteiger partial charge in [0.2, 0.25) is 0 Å². The summed E-state index contributed by atoms with van der Waals surface area (Å²) in [4.78, 5) is 11.3. The third-order valence-corrected chi connectivity index (χ3v) is 3.20. The maximum atomic E-state index is 11.3. The van der Waals surface area contributed by atoms with E-state index in [2.05, 4.69) is 13.5 Å². The SMILES string of the molecule is C=C(C)C1CCC(C)CC1OC(=O)OCC. The molecule has 1 aliphatic carbocycles. The lowest BCUT2D eigenvalue weighted by atomic mass is 9.78. The van der Waals surface area contributed by atoms with Crippen LogP contribution in [0.3, 0.4) is 0 Å². The molecule has 1 saturated carbocycles. The first kappa shape index (κ1) is 13.1. The van der Waals surface area contributed by atoms with Crippen molar-refractivity contribution in [3.05, 3.63) is 12.2 Å². The van der Waals surface area contributed by atoms with Crippen LogP contribution >= 0.6 is 0 Å². The van der Waals surface area contributed by atoms with Crippen LogP contribution in [-0.2, 0) is 9.47 Å². The summed E-state index contributed by atoms with van der Waals surface area (Å²) in [5.41, 5.74) is 1.10. The van der Waals surface area contributed by atoms with E-state index in [0.717, 1.165) is 18.4 Å². The van der Waals surface area contributed by atoms with E-state index in [0.29, 0.717) is 18.4 Å². The molecule has 0 heterocycles. The zero-order chi connectivity index (χ0) is 12.1. The molecule has 92 valence electrons. The number of hydrogen-bond acceptors (Lipinski definition) is 3. The molecule has 0 aromatic rings. The molecule has 1 fully saturated rings. The predicted octanol–water partition coefficient (Wildman–Crippen LogP) is 3.54. The van der Waals surface area contributed by atoms with Crippen LogP contribution in [0.2, 0.25) is 0 Å². The van der Waals surface area contributed by atoms with Gasteiger partial charge in [-0.05, 0) is 39.0 Å². The minimum Gasteiger partial charge on any atom is -0.435 e. The Labute approximate surface area is 97.8 Å². The smallest absolute Gasteiger partial charge is 0.435 e. The summed E-state index contributed by atoms with van der Waals surface area (Å²) in [5.74, 6) is 0.899. The molecule has 0 radical (unpaired) electrons. The monoisotopic (exact) mass is 226 g/mol. The van der Waals surface area contributed by atoms with Gasteiger partial charge in [-0.3, -0.25) is 0 Å². The first-order valence-corrected chi connectivity index (χ1v) is 6.03. The van der Waals surface area contributed by atoms with Gasteiger partial charge in [-0.2, -0.15) is 0 Å². The average Bonchev–Trinajstić information content (AvgIpc) is 2.17. The minimum absolute atomic E-state index is 0.0553. The number of carbonyl (C=O) groups excluding carboxylic acids is 1. The largest absolute Gasteiger partial charge is 0.508 e. The highest BCUT2D eigenvalue weighted by Crippen LogP contribution is 2.34. The Morgan fingerprint density at radius 3 is 2.69 bits per heavy atom. The summed E-state index contributed by atoms with van der Waals surface area (Å²) < 4.78 is 10.2. The van der Waals surface area contributed by atoms with Gasteiger partial charge < -0.3 is 9.47 Å². The van der Waals surface area contributed by atoms with Crippen LogP contribution in [0.15, 0.2) is 12.2 Å². The van der Waals surface area contributed by atoms with Crippen LogP contribution in [0.5, 0.6) is 0 Å². The Balaban J connectivity index is 2.57. The first-order valence-electron chi connectivity index (χ1n) is 6.03. The van der Waals surface area contributed by atoms with Gasteiger partial charge in [-0.1, -0.05) is 19.1 Å². The zero-order valence-electron chi connectivity index (χ0n) is 10.5. The van der Waals surface area contributed by atoms with E-state index in [1.165, 1.54) is 6.42 Å². The highest BCUT2D eigenvalue weighted by molar-refractivity contribution is 5.60. The first-order chi connectivity index (χ1) is 7.54. The summed E-state index contributed by atoms with van der Waals surface area (Å²) in [6.07, 6.45) is 2.55. The maximum absolute atomic E-state index is 11.3. The van der Waals surface area contributed by atoms with Crippen molar-refractivity contribution < 1.29 is 14.3 Å². The van der Waals surface area contributed by atoms with E-state index in [-0.39, 0.29) is 6.10 Å². The van der Waals surface area contributed by atoms with E-state index in [4.69, 9.17) is 9.47 Å². The predicted molar refractivity (Wildman–Crippen MR) is 63.2 cm³/mol. The number of carbonyl (C=O) groups is 1. The number of ether oxygens (including phenoxy) is 2. The van der Waals surface area contributed by atoms with Crippen molar-refractivity contribution in [2.24, 2.45) is 11.8 Å². The van der Waals surface area contributed by atoms with Gasteiger partial charge in [-0.15, -0.1) is 0 Å². The summed E-state index contributed by atoms with van der Waals surface area (Å²) >= 11 is 0. The number of hydrogen-bond donors (Lipinski definition) is 0. The molecular weight excluding hydrogens is 204 g/mol. The number of rotatable bonds is 3. The van der Waals surface area contributed by atoms with Crippen LogP contribution in [0.1, 0.15) is 40.0 Å². The van der Waals surface area contributed by atoms with Crippen molar-refractivity contribution in [3.63, 3.8) is 0 Å². The highest BCUT2D eigenvalue weighted by Gasteiger charge is 2.32. The Morgan fingerprint density at radius 1 is 1.44 bits per heavy atom. The van der Waals surface area contributed by atoms with Crippen molar-refractivity contribution >= 4 is 6.16 Å². The lowest BCUT2D eigenvalue weighted by Gasteiger charge is -2.34. The topological polar surface area (TPSA) is 35.5 Å². The molecule has 3 nitrogen and oxygen atoms in total. The quantitative estimate of drug-likeness (QED) is 0.545. The van der Waals surface area contributed by atoms with Gasteiger partial charge in [0.1, 0.15) is 6.10 Å². The van der Waals surface area contributed by atoms with Gasteiger partial charge in [0.25, 0.3) is 0 Å². The van der Waals surface area contributed by atoms with Crippen molar-refractivity contribution in [3.8, 4) is 0 Å². The van der Waals surface area contributed by atoms with Crippen molar-refractivity contribution in [1.29, 1.82) is 0 Å². The van der Waals surface area contributed by atoms with E-state index in [9.17, 15) is 4.79 Å². The lowest BCUT2D eigenvalue weighted by molar-refractivity contribution is -0.0113. The maximum Gasteiger partial charge on any atom is 0.508 e. The molecule has 1 rings (SSSR count). The second-order valence-corrected chi connectivity index (χ2v) is 4.71. The summed E-state index contributed by atoms with van der Waals surface area (Å²) in [7, 11) is 0. The molecule has 0 bridgehead atoms. The Kier molecular flexibility index (Phi) is 4.84. The van der Waals surface area contributed by atoms with Gasteiger partial charge in [0.05, 0.1) is 6.61 Å². The fourth-order valence-corrected chi connectivity index (χ4v) is 2.30. The minimum atomic E-state index is -0.548. The summed E-state index contributed by atoms with van der Waals surface area (Å²) in [5, 5.41) is 0. The molecule has 0 spiro atoms. The molecule has 0 saturated heterocycles. The van der Waals surface area contributed by atoms with Crippen LogP contribution in [0, 0.1) is 11.8 Å². The molecule has 0 aromatic heterocycles. The van der Waals surface area contributed by atoms with Crippen molar-refractivity contribution in [2.45, 2.75) is 46.1 Å². The Bertz CT molecular complexity index is 260. The fraction of sp³-hybridized carbons (Fsp3) is 0.769. The zero-order valence-corrected chi connectivity index (χ0v) is 10.5. The molecule has 0 aromatic carbocycles. The average molecular weight is 226 g/mol. The second-order valence-electron chi connectivity index (χ2n) is 4.71. The van der Waals surface area contributed by atoms with Gasteiger partial charge in [-0.25, -0.2) is 4.79 Å². The second kappa shape index (κ2) is 5.92. The standard InChI is InChI=1S/C13H22O3/c1-5-15-13(14)16-12-8-10(4)6-7-11(12)9(2)3/h10-12H,2,5-8H2,1,3-4H3. The van der Waals surface area contributed by atoms with Gasteiger partial charge in [0, 0.05) is 5.92 Å². The van der Waals surface area contributed by atoms with Gasteiger partial charge >= 0.3 is 6.16 Å². The third kappa shape index (κ3) is 3.54. The van der Waals surface area contributed by atoms with Gasteiger partial charge in [0.15, 0.2) is 0 Å². The lowest BCUT2D eigenvalue weighted by Crippen LogP contribution is -2.33. The Hall–Kier alpha value is -0.990. The van der Waals surface area contributed by atoms with E-state index in [1.807, 2.05) is 6.92 Å². The molecule has 3 atom stereocenters. The Morgan fingerprint density at radius 2 is 2.12 bits per heavy atom. The molecule has 1 aliphatic rings.